The lowest BCUT2D eigenvalue weighted by Gasteiger charge is -2.34. The fraction of sp³-hybridized carbons (Fsp3) is 0.438. The fourth-order valence-electron chi connectivity index (χ4n) is 2.94. The largest absolute Gasteiger partial charge is 0.370 e. The molecule has 11 heteroatoms. The van der Waals surface area contributed by atoms with Crippen LogP contribution in [-0.2, 0) is 14.6 Å². The Hall–Kier alpha value is -2.33. The van der Waals surface area contributed by atoms with Crippen molar-refractivity contribution in [2.45, 2.75) is 30.7 Å². The van der Waals surface area contributed by atoms with Gasteiger partial charge in [0.25, 0.3) is 5.91 Å². The molecular formula is C16H24ClN5O4S. The summed E-state index contributed by atoms with van der Waals surface area (Å²) in [4.78, 5) is 28.6. The molecule has 0 spiro atoms. The summed E-state index contributed by atoms with van der Waals surface area (Å²) in [7, 11) is -3.57. The fourth-order valence-corrected chi connectivity index (χ4v) is 3.86. The second-order valence-corrected chi connectivity index (χ2v) is 8.24. The molecule has 0 saturated carbocycles. The third kappa shape index (κ3) is 6.10. The van der Waals surface area contributed by atoms with Gasteiger partial charge in [-0.2, -0.15) is 4.99 Å². The monoisotopic (exact) mass is 417 g/mol. The van der Waals surface area contributed by atoms with Gasteiger partial charge in [-0.3, -0.25) is 9.59 Å². The number of nitrogens with zero attached hydrogens (tertiary/aromatic N) is 2. The minimum atomic E-state index is -3.57. The Morgan fingerprint density at radius 1 is 1.22 bits per heavy atom. The average molecular weight is 418 g/mol. The number of aliphatic imine (C=N–C) groups is 1. The van der Waals surface area contributed by atoms with Crippen LogP contribution in [0.3, 0.4) is 0 Å². The quantitative estimate of drug-likeness (QED) is 0.462. The van der Waals surface area contributed by atoms with Gasteiger partial charge in [-0.25, -0.2) is 8.42 Å². The number of carbonyl (C=O) groups is 2. The highest BCUT2D eigenvalue weighted by atomic mass is 35.5. The zero-order valence-electron chi connectivity index (χ0n) is 15.1. The van der Waals surface area contributed by atoms with E-state index in [1.807, 2.05) is 4.90 Å². The minimum Gasteiger partial charge on any atom is -0.370 e. The number of anilines is 1. The van der Waals surface area contributed by atoms with Gasteiger partial charge in [-0.05, 0) is 31.0 Å². The number of guanidine groups is 1. The number of carbonyl (C=O) groups excluding carboxylic acids is 2. The number of halogens is 1. The van der Waals surface area contributed by atoms with Crippen molar-refractivity contribution in [3.63, 3.8) is 0 Å². The first-order valence-corrected chi connectivity index (χ1v) is 9.97. The van der Waals surface area contributed by atoms with E-state index in [4.69, 9.17) is 11.5 Å². The van der Waals surface area contributed by atoms with Gasteiger partial charge >= 0.3 is 0 Å². The molecule has 1 aromatic carbocycles. The predicted molar refractivity (Wildman–Crippen MR) is 106 cm³/mol. The van der Waals surface area contributed by atoms with E-state index in [-0.39, 0.29) is 40.8 Å². The zero-order chi connectivity index (χ0) is 19.5. The van der Waals surface area contributed by atoms with Crippen LogP contribution in [0.5, 0.6) is 0 Å². The summed E-state index contributed by atoms with van der Waals surface area (Å²) < 4.78 is 24.4. The lowest BCUT2D eigenvalue weighted by atomic mass is 10.0. The molecule has 0 unspecified atom stereocenters. The third-order valence-electron chi connectivity index (χ3n) is 4.08. The van der Waals surface area contributed by atoms with Crippen molar-refractivity contribution in [3.8, 4) is 0 Å². The maximum atomic E-state index is 12.2. The van der Waals surface area contributed by atoms with Crippen molar-refractivity contribution in [2.24, 2.45) is 16.5 Å². The van der Waals surface area contributed by atoms with Crippen LogP contribution in [0.4, 0.5) is 5.69 Å². The number of nitrogens with one attached hydrogen (secondary N) is 1. The van der Waals surface area contributed by atoms with E-state index in [1.165, 1.54) is 19.1 Å². The normalized spacial score (nSPS) is 14.8. The van der Waals surface area contributed by atoms with Crippen LogP contribution in [0.2, 0.25) is 0 Å². The van der Waals surface area contributed by atoms with Gasteiger partial charge in [0.2, 0.25) is 5.91 Å². The lowest BCUT2D eigenvalue weighted by Crippen LogP contribution is -2.44. The van der Waals surface area contributed by atoms with Crippen molar-refractivity contribution in [1.29, 1.82) is 0 Å². The highest BCUT2D eigenvalue weighted by Gasteiger charge is 2.25. The van der Waals surface area contributed by atoms with Crippen LogP contribution < -0.4 is 21.7 Å². The molecule has 0 radical (unpaired) electrons. The van der Waals surface area contributed by atoms with Crippen molar-refractivity contribution in [1.82, 2.24) is 5.32 Å². The molecule has 27 heavy (non-hydrogen) atoms. The molecule has 0 aromatic heterocycles. The van der Waals surface area contributed by atoms with E-state index in [0.717, 1.165) is 6.26 Å². The molecule has 1 fully saturated rings. The molecular weight excluding hydrogens is 394 g/mol. The molecule has 1 heterocycles. The molecule has 0 bridgehead atoms. The van der Waals surface area contributed by atoms with E-state index in [1.54, 1.807) is 6.07 Å². The first-order valence-electron chi connectivity index (χ1n) is 8.08. The van der Waals surface area contributed by atoms with Crippen LogP contribution in [0.25, 0.3) is 0 Å². The van der Waals surface area contributed by atoms with Crippen LogP contribution in [-0.4, -0.2) is 51.6 Å². The van der Waals surface area contributed by atoms with E-state index >= 15 is 0 Å². The Morgan fingerprint density at radius 2 is 1.81 bits per heavy atom. The Kier molecular flexibility index (Phi) is 7.61. The van der Waals surface area contributed by atoms with Crippen molar-refractivity contribution < 1.29 is 18.0 Å². The summed E-state index contributed by atoms with van der Waals surface area (Å²) in [6.07, 6.45) is 2.50. The average Bonchev–Trinajstić information content (AvgIpc) is 2.53. The molecule has 1 aliphatic heterocycles. The van der Waals surface area contributed by atoms with Crippen molar-refractivity contribution >= 4 is 45.7 Å². The summed E-state index contributed by atoms with van der Waals surface area (Å²) in [5, 5.41) is 2.87. The van der Waals surface area contributed by atoms with Gasteiger partial charge in [0.05, 0.1) is 10.6 Å². The molecule has 0 atom stereocenters. The highest BCUT2D eigenvalue weighted by Crippen LogP contribution is 2.29. The maximum Gasteiger partial charge on any atom is 0.280 e. The Labute approximate surface area is 164 Å². The summed E-state index contributed by atoms with van der Waals surface area (Å²) in [6, 6.07) is 4.45. The van der Waals surface area contributed by atoms with Gasteiger partial charge < -0.3 is 21.7 Å². The molecule has 1 aromatic rings. The van der Waals surface area contributed by atoms with Crippen LogP contribution in [0, 0.1) is 0 Å². The van der Waals surface area contributed by atoms with E-state index < -0.39 is 15.7 Å². The number of nitrogens with two attached hydrogens (primary N) is 2. The molecule has 1 aliphatic rings. The zero-order valence-corrected chi connectivity index (χ0v) is 16.8. The minimum absolute atomic E-state index is 0. The smallest absolute Gasteiger partial charge is 0.280 e. The first-order chi connectivity index (χ1) is 12.1. The van der Waals surface area contributed by atoms with Crippen LogP contribution in [0.15, 0.2) is 28.1 Å². The molecule has 9 nitrogen and oxygen atoms in total. The Balaban J connectivity index is 0.00000364. The van der Waals surface area contributed by atoms with E-state index in [9.17, 15) is 18.0 Å². The molecule has 5 N–H and O–H groups in total. The second kappa shape index (κ2) is 9.05. The van der Waals surface area contributed by atoms with Gasteiger partial charge in [-0.15, -0.1) is 12.4 Å². The summed E-state index contributed by atoms with van der Waals surface area (Å²) in [5.41, 5.74) is 11.0. The molecule has 0 aliphatic carbocycles. The predicted octanol–water partition coefficient (Wildman–Crippen LogP) is 0.0304. The van der Waals surface area contributed by atoms with Gasteiger partial charge in [0.15, 0.2) is 15.8 Å². The van der Waals surface area contributed by atoms with E-state index in [0.29, 0.717) is 31.6 Å². The number of hydrogen-bond acceptors (Lipinski definition) is 5. The molecule has 2 rings (SSSR count). The SMILES string of the molecule is CC(=O)NC1CCN(c2ccc(C(=O)N=C(N)N)cc2S(C)(=O)=O)CC1.Cl. The van der Waals surface area contributed by atoms with Gasteiger partial charge in [0, 0.05) is 37.9 Å². The van der Waals surface area contributed by atoms with E-state index in [2.05, 4.69) is 10.3 Å². The number of rotatable bonds is 4. The lowest BCUT2D eigenvalue weighted by molar-refractivity contribution is -0.119. The maximum absolute atomic E-state index is 12.2. The Morgan fingerprint density at radius 3 is 2.30 bits per heavy atom. The summed E-state index contributed by atoms with van der Waals surface area (Å²) in [6.45, 7) is 2.66. The number of hydrogen-bond donors (Lipinski definition) is 3. The van der Waals surface area contributed by atoms with Crippen LogP contribution >= 0.6 is 12.4 Å². The highest BCUT2D eigenvalue weighted by molar-refractivity contribution is 7.90. The molecule has 2 amide bonds. The summed E-state index contributed by atoms with van der Waals surface area (Å²) in [5.74, 6) is -1.17. The summed E-state index contributed by atoms with van der Waals surface area (Å²) >= 11 is 0. The standard InChI is InChI=1S/C16H23N5O4S.ClH/c1-10(22)19-12-5-7-21(8-6-12)13-4-3-11(15(23)20-16(17)18)9-14(13)26(2,24)25;/h3-4,9,12H,5-8H2,1-2H3,(H,19,22)(H4,17,18,20,23);1H. The number of piperidine rings is 1. The topological polar surface area (TPSA) is 148 Å². The number of sulfone groups is 1. The van der Waals surface area contributed by atoms with Crippen molar-refractivity contribution in [3.05, 3.63) is 23.8 Å². The molecule has 1 saturated heterocycles. The van der Waals surface area contributed by atoms with Gasteiger partial charge in [-0.1, -0.05) is 0 Å². The van der Waals surface area contributed by atoms with Crippen LogP contribution in [0.1, 0.15) is 30.1 Å². The Bertz CT molecular complexity index is 844. The molecule has 150 valence electrons. The third-order valence-corrected chi connectivity index (χ3v) is 5.21. The second-order valence-electron chi connectivity index (χ2n) is 6.26. The van der Waals surface area contributed by atoms with Crippen molar-refractivity contribution in [2.75, 3.05) is 24.2 Å². The van der Waals surface area contributed by atoms with Gasteiger partial charge in [0.1, 0.15) is 0 Å². The number of amides is 2. The number of benzene rings is 1. The first kappa shape index (κ1) is 22.7.